The predicted octanol–water partition coefficient (Wildman–Crippen LogP) is 10.1. The van der Waals surface area contributed by atoms with E-state index in [9.17, 15) is 9.90 Å². The van der Waals surface area contributed by atoms with Crippen molar-refractivity contribution >= 4 is 56.4 Å². The first-order chi connectivity index (χ1) is 21.8. The molecular formula is C39H48CuN4O2+2. The molecule has 2 aliphatic heterocycles. The first kappa shape index (κ1) is 35.2. The van der Waals surface area contributed by atoms with E-state index in [4.69, 9.17) is 9.97 Å². The molecule has 5 rings (SSSR count). The number of aromatic nitrogens is 4. The van der Waals surface area contributed by atoms with E-state index in [0.717, 1.165) is 113 Å². The Balaban J connectivity index is 0.00000480. The number of aliphatic carboxylic acids is 1. The summed E-state index contributed by atoms with van der Waals surface area (Å²) in [5.41, 5.74) is 18.9. The summed E-state index contributed by atoms with van der Waals surface area (Å²) in [6.07, 6.45) is 9.89. The second-order valence-corrected chi connectivity index (χ2v) is 11.8. The molecule has 3 N–H and O–H groups in total. The fourth-order valence-corrected chi connectivity index (χ4v) is 7.53. The molecule has 2 aliphatic rings. The molecule has 245 valence electrons. The van der Waals surface area contributed by atoms with Crippen molar-refractivity contribution in [3.8, 4) is 0 Å². The Morgan fingerprint density at radius 2 is 0.935 bits per heavy atom. The number of nitrogens with one attached hydrogen (secondary N) is 2. The second kappa shape index (κ2) is 14.8. The summed E-state index contributed by atoms with van der Waals surface area (Å²) in [5.74, 6) is -0.984. The summed E-state index contributed by atoms with van der Waals surface area (Å²) in [7, 11) is 0. The van der Waals surface area contributed by atoms with Gasteiger partial charge in [0.15, 0.2) is 0 Å². The van der Waals surface area contributed by atoms with Gasteiger partial charge in [-0.05, 0) is 120 Å². The van der Waals surface area contributed by atoms with E-state index in [2.05, 4.69) is 83.6 Å². The zero-order valence-electron chi connectivity index (χ0n) is 28.6. The minimum atomic E-state index is -0.984. The number of hydrogen-bond acceptors (Lipinski definition) is 3. The van der Waals surface area contributed by atoms with Gasteiger partial charge in [0.25, 0.3) is 0 Å². The number of carboxylic acid groups (broad SMARTS) is 1. The second-order valence-electron chi connectivity index (χ2n) is 11.8. The summed E-state index contributed by atoms with van der Waals surface area (Å²) < 4.78 is 0. The van der Waals surface area contributed by atoms with Gasteiger partial charge in [-0.1, -0.05) is 55.4 Å². The van der Waals surface area contributed by atoms with Crippen LogP contribution in [0.1, 0.15) is 132 Å². The molecule has 0 saturated carbocycles. The van der Waals surface area contributed by atoms with Crippen molar-refractivity contribution in [2.75, 3.05) is 0 Å². The van der Waals surface area contributed by atoms with Crippen molar-refractivity contribution in [2.24, 2.45) is 0 Å². The van der Waals surface area contributed by atoms with Crippen molar-refractivity contribution in [3.63, 3.8) is 0 Å². The Labute approximate surface area is 284 Å². The molecular weight excluding hydrogens is 620 g/mol. The molecule has 0 unspecified atom stereocenters. The molecule has 46 heavy (non-hydrogen) atoms. The number of hydrogen-bond donors (Lipinski definition) is 3. The Bertz CT molecular complexity index is 1800. The molecule has 0 atom stereocenters. The Morgan fingerprint density at radius 1 is 0.587 bits per heavy atom. The number of rotatable bonds is 10. The standard InChI is InChI=1S/C39H48N4O2.Cu/c1-9-22-24(11-3)33-20-35-26(13-5)28(15-7)38(42-35)30(17-18-37(44)45)39-29(16-8)27(14-6)36(43-39)21-34-25(12-4)23(10-2)32(41-34)19-31(22)40-33;/h17-21,40-41H,9-16H2,1-8H3,(H,44,45);/q;+2/b18-17+,31-19?,32-19?,33-20?,34-21?,35-20?,36-21?,38-30?,39-30?;. The molecule has 5 heterocycles. The van der Waals surface area contributed by atoms with Gasteiger partial charge in [0.05, 0.1) is 22.8 Å². The molecule has 0 spiro atoms. The molecule has 3 aromatic heterocycles. The van der Waals surface area contributed by atoms with Crippen LogP contribution in [0.25, 0.3) is 50.4 Å². The van der Waals surface area contributed by atoms with Gasteiger partial charge < -0.3 is 15.1 Å². The molecule has 6 nitrogen and oxygen atoms in total. The van der Waals surface area contributed by atoms with Crippen LogP contribution in [-0.2, 0) is 47.5 Å². The van der Waals surface area contributed by atoms with Crippen LogP contribution in [0.5, 0.6) is 0 Å². The molecule has 0 aliphatic carbocycles. The summed E-state index contributed by atoms with van der Waals surface area (Å²) in [6.45, 7) is 17.6. The van der Waals surface area contributed by atoms with Crippen molar-refractivity contribution in [2.45, 2.75) is 107 Å². The third-order valence-electron chi connectivity index (χ3n) is 9.53. The van der Waals surface area contributed by atoms with Crippen LogP contribution in [0.4, 0.5) is 0 Å². The fraction of sp³-hybridized carbons (Fsp3) is 0.410. The first-order valence-corrected chi connectivity index (χ1v) is 17.0. The normalized spacial score (nSPS) is 13.2. The molecule has 0 fully saturated rings. The van der Waals surface area contributed by atoms with E-state index in [-0.39, 0.29) is 17.1 Å². The molecule has 0 aromatic carbocycles. The van der Waals surface area contributed by atoms with Crippen molar-refractivity contribution in [1.29, 1.82) is 0 Å². The number of carboxylic acids is 1. The number of fused-ring (bicyclic) bond motifs is 8. The van der Waals surface area contributed by atoms with E-state index in [1.807, 2.05) is 0 Å². The number of allylic oxidation sites excluding steroid dienone is 4. The van der Waals surface area contributed by atoms with Gasteiger partial charge in [-0.2, -0.15) is 0 Å². The minimum absolute atomic E-state index is 0. The van der Waals surface area contributed by atoms with Crippen LogP contribution < -0.4 is 0 Å². The van der Waals surface area contributed by atoms with Gasteiger partial charge in [0, 0.05) is 33.7 Å². The Morgan fingerprint density at radius 3 is 1.24 bits per heavy atom. The molecule has 0 amide bonds. The summed E-state index contributed by atoms with van der Waals surface area (Å²) in [6, 6.07) is 6.74. The van der Waals surface area contributed by atoms with Gasteiger partial charge in [0.1, 0.15) is 0 Å². The van der Waals surface area contributed by atoms with Crippen LogP contribution in [0.2, 0.25) is 0 Å². The van der Waals surface area contributed by atoms with Crippen LogP contribution in [0.3, 0.4) is 0 Å². The summed E-state index contributed by atoms with van der Waals surface area (Å²) in [4.78, 5) is 30.1. The van der Waals surface area contributed by atoms with Crippen molar-refractivity contribution < 1.29 is 27.0 Å². The van der Waals surface area contributed by atoms with Gasteiger partial charge in [-0.25, -0.2) is 14.8 Å². The maximum atomic E-state index is 11.9. The summed E-state index contributed by atoms with van der Waals surface area (Å²) in [5, 5.41) is 9.74. The summed E-state index contributed by atoms with van der Waals surface area (Å²) >= 11 is 0. The predicted molar refractivity (Wildman–Crippen MR) is 190 cm³/mol. The number of aromatic amines is 2. The molecule has 0 saturated heterocycles. The average Bonchev–Trinajstić information content (AvgIpc) is 3.76. The third-order valence-corrected chi connectivity index (χ3v) is 9.53. The average molecular weight is 668 g/mol. The number of carbonyl (C=O) groups is 1. The van der Waals surface area contributed by atoms with Crippen LogP contribution in [-0.4, -0.2) is 31.0 Å². The van der Waals surface area contributed by atoms with E-state index in [1.54, 1.807) is 6.08 Å². The van der Waals surface area contributed by atoms with Gasteiger partial charge in [0.2, 0.25) is 0 Å². The Hall–Kier alpha value is -3.67. The van der Waals surface area contributed by atoms with Gasteiger partial charge >= 0.3 is 23.0 Å². The van der Waals surface area contributed by atoms with E-state index in [0.29, 0.717) is 0 Å². The zero-order valence-corrected chi connectivity index (χ0v) is 29.5. The van der Waals surface area contributed by atoms with Crippen molar-refractivity contribution in [1.82, 2.24) is 19.9 Å². The number of H-pyrrole nitrogens is 2. The number of nitrogens with zero attached hydrogens (tertiary/aromatic N) is 2. The number of aryl methyl sites for hydroxylation is 4. The molecule has 1 radical (unpaired) electrons. The Kier molecular flexibility index (Phi) is 11.3. The quantitative estimate of drug-likeness (QED) is 0.148. The molecule has 8 bridgehead atoms. The van der Waals surface area contributed by atoms with Crippen LogP contribution in [0.15, 0.2) is 24.3 Å². The molecule has 7 heteroatoms. The molecule has 3 aromatic rings. The maximum Gasteiger partial charge on any atom is 2.00 e. The van der Waals surface area contributed by atoms with Gasteiger partial charge in [-0.3, -0.25) is 0 Å². The first-order valence-electron chi connectivity index (χ1n) is 17.0. The zero-order chi connectivity index (χ0) is 32.4. The monoisotopic (exact) mass is 667 g/mol. The smallest absolute Gasteiger partial charge is 0.478 e. The topological polar surface area (TPSA) is 94.7 Å². The van der Waals surface area contributed by atoms with E-state index >= 15 is 0 Å². The van der Waals surface area contributed by atoms with E-state index in [1.165, 1.54) is 39.5 Å². The SMILES string of the molecule is CCC1=C(CC)c2nc1cc1[nH]c(cc3[nH]c(cc4nc(c2/C=C/C(=O)O)C(CC)=C4CC)c(CC)c3CC)c(CC)c1CC.[Cu+2]. The van der Waals surface area contributed by atoms with E-state index < -0.39 is 5.97 Å². The largest absolute Gasteiger partial charge is 2.00 e. The van der Waals surface area contributed by atoms with Crippen LogP contribution >= 0.6 is 0 Å². The van der Waals surface area contributed by atoms with Crippen molar-refractivity contribution in [3.05, 3.63) is 74.9 Å². The van der Waals surface area contributed by atoms with Gasteiger partial charge in [-0.15, -0.1) is 0 Å². The minimum Gasteiger partial charge on any atom is -0.478 e. The fourth-order valence-electron chi connectivity index (χ4n) is 7.53. The maximum absolute atomic E-state index is 11.9. The van der Waals surface area contributed by atoms with Crippen LogP contribution in [0, 0.1) is 0 Å². The third kappa shape index (κ3) is 6.08.